The predicted octanol–water partition coefficient (Wildman–Crippen LogP) is 4.98. The number of carbonyl (C=O) groups excluding carboxylic acids is 1. The molecule has 0 bridgehead atoms. The maximum absolute atomic E-state index is 12.0. The highest BCUT2D eigenvalue weighted by Crippen LogP contribution is 2.32. The summed E-state index contributed by atoms with van der Waals surface area (Å²) >= 11 is 3.55. The number of hydrogen-bond acceptors (Lipinski definition) is 4. The number of hydrogen-bond donors (Lipinski definition) is 1. The van der Waals surface area contributed by atoms with Gasteiger partial charge in [0.1, 0.15) is 5.75 Å². The Balaban J connectivity index is 1.53. The van der Waals surface area contributed by atoms with Crippen molar-refractivity contribution in [1.29, 1.82) is 0 Å². The van der Waals surface area contributed by atoms with Gasteiger partial charge < -0.3 is 9.64 Å². The molecule has 3 rings (SSSR count). The molecule has 0 fully saturated rings. The first-order valence-corrected chi connectivity index (χ1v) is 10.4. The zero-order chi connectivity index (χ0) is 20.6. The Bertz CT molecular complexity index is 999. The molecule has 29 heavy (non-hydrogen) atoms. The van der Waals surface area contributed by atoms with Gasteiger partial charge in [-0.15, -0.1) is 0 Å². The first-order chi connectivity index (χ1) is 14.1. The lowest BCUT2D eigenvalue weighted by Crippen LogP contribution is -2.24. The van der Waals surface area contributed by atoms with E-state index in [9.17, 15) is 4.79 Å². The minimum atomic E-state index is -0.318. The number of fused-ring (bicyclic) bond motifs is 1. The molecule has 0 saturated heterocycles. The van der Waals surface area contributed by atoms with E-state index in [4.69, 9.17) is 4.74 Å². The van der Waals surface area contributed by atoms with Crippen molar-refractivity contribution in [3.8, 4) is 5.75 Å². The van der Waals surface area contributed by atoms with Gasteiger partial charge in [-0.05, 0) is 64.3 Å². The average molecular weight is 454 g/mol. The molecular weight excluding hydrogens is 430 g/mol. The Labute approximate surface area is 179 Å². The molecular formula is C23H24BrN3O2. The zero-order valence-corrected chi connectivity index (χ0v) is 18.1. The molecule has 150 valence electrons. The van der Waals surface area contributed by atoms with Gasteiger partial charge in [0.25, 0.3) is 5.91 Å². The van der Waals surface area contributed by atoms with Crippen LogP contribution in [0.25, 0.3) is 10.8 Å². The van der Waals surface area contributed by atoms with Crippen molar-refractivity contribution in [2.75, 3.05) is 24.6 Å². The van der Waals surface area contributed by atoms with Crippen LogP contribution in [0.15, 0.2) is 70.2 Å². The van der Waals surface area contributed by atoms with E-state index < -0.39 is 0 Å². The number of hydrazone groups is 1. The summed E-state index contributed by atoms with van der Waals surface area (Å²) in [4.78, 5) is 14.3. The summed E-state index contributed by atoms with van der Waals surface area (Å²) in [6, 6.07) is 19.9. The summed E-state index contributed by atoms with van der Waals surface area (Å²) < 4.78 is 6.47. The normalized spacial score (nSPS) is 11.0. The topological polar surface area (TPSA) is 53.9 Å². The largest absolute Gasteiger partial charge is 0.483 e. The molecule has 0 atom stereocenters. The number of ether oxygens (including phenoxy) is 1. The summed E-state index contributed by atoms with van der Waals surface area (Å²) in [5.74, 6) is 0.302. The van der Waals surface area contributed by atoms with Gasteiger partial charge in [0.05, 0.1) is 10.7 Å². The second kappa shape index (κ2) is 10.1. The van der Waals surface area contributed by atoms with Crippen LogP contribution in [-0.2, 0) is 4.79 Å². The molecule has 0 saturated carbocycles. The quantitative estimate of drug-likeness (QED) is 0.386. The van der Waals surface area contributed by atoms with E-state index in [1.54, 1.807) is 6.21 Å². The smallest absolute Gasteiger partial charge is 0.277 e. The van der Waals surface area contributed by atoms with Gasteiger partial charge in [0.2, 0.25) is 0 Å². The summed E-state index contributed by atoms with van der Waals surface area (Å²) in [5.41, 5.74) is 4.59. The standard InChI is InChI=1S/C23H24BrN3O2/c1-3-27(4-2)19-12-9-17(10-13-19)15-25-26-22(28)16-29-21-14-11-18-7-5-6-8-20(18)23(21)24/h5-15H,3-4,16H2,1-2H3,(H,26,28)/b25-15+. The fourth-order valence-electron chi connectivity index (χ4n) is 3.04. The summed E-state index contributed by atoms with van der Waals surface area (Å²) in [6.07, 6.45) is 1.62. The third kappa shape index (κ3) is 5.35. The average Bonchev–Trinajstić information content (AvgIpc) is 2.75. The summed E-state index contributed by atoms with van der Waals surface area (Å²) in [6.45, 7) is 6.08. The molecule has 0 aliphatic carbocycles. The number of carbonyl (C=O) groups is 1. The minimum Gasteiger partial charge on any atom is -0.483 e. The van der Waals surface area contributed by atoms with Crippen LogP contribution in [0.5, 0.6) is 5.75 Å². The first kappa shape index (κ1) is 20.9. The van der Waals surface area contributed by atoms with Gasteiger partial charge in [-0.2, -0.15) is 5.10 Å². The van der Waals surface area contributed by atoms with Gasteiger partial charge >= 0.3 is 0 Å². The molecule has 0 unspecified atom stereocenters. The molecule has 0 heterocycles. The number of anilines is 1. The molecule has 0 aliphatic heterocycles. The third-order valence-electron chi connectivity index (χ3n) is 4.61. The van der Waals surface area contributed by atoms with Gasteiger partial charge in [0, 0.05) is 18.8 Å². The van der Waals surface area contributed by atoms with Crippen molar-refractivity contribution in [3.05, 3.63) is 70.7 Å². The van der Waals surface area contributed by atoms with Gasteiger partial charge in [-0.25, -0.2) is 5.43 Å². The van der Waals surface area contributed by atoms with E-state index in [0.717, 1.165) is 33.9 Å². The highest BCUT2D eigenvalue weighted by molar-refractivity contribution is 9.10. The molecule has 1 amide bonds. The minimum absolute atomic E-state index is 0.116. The van der Waals surface area contributed by atoms with Crippen molar-refractivity contribution in [2.24, 2.45) is 5.10 Å². The van der Waals surface area contributed by atoms with E-state index in [1.807, 2.05) is 48.5 Å². The van der Waals surface area contributed by atoms with E-state index >= 15 is 0 Å². The van der Waals surface area contributed by atoms with E-state index in [2.05, 4.69) is 57.3 Å². The molecule has 3 aromatic carbocycles. The van der Waals surface area contributed by atoms with E-state index in [0.29, 0.717) is 5.75 Å². The van der Waals surface area contributed by atoms with Gasteiger partial charge in [0.15, 0.2) is 6.61 Å². The lowest BCUT2D eigenvalue weighted by Gasteiger charge is -2.20. The van der Waals surface area contributed by atoms with Crippen molar-refractivity contribution in [3.63, 3.8) is 0 Å². The van der Waals surface area contributed by atoms with Gasteiger partial charge in [-0.3, -0.25) is 4.79 Å². The molecule has 0 spiro atoms. The highest BCUT2D eigenvalue weighted by Gasteiger charge is 2.08. The fourth-order valence-corrected chi connectivity index (χ4v) is 3.65. The summed E-state index contributed by atoms with van der Waals surface area (Å²) in [5, 5.41) is 6.15. The summed E-state index contributed by atoms with van der Waals surface area (Å²) in [7, 11) is 0. The molecule has 0 radical (unpaired) electrons. The first-order valence-electron chi connectivity index (χ1n) is 9.59. The molecule has 5 nitrogen and oxygen atoms in total. The van der Waals surface area contributed by atoms with Crippen LogP contribution in [-0.4, -0.2) is 31.8 Å². The number of rotatable bonds is 8. The zero-order valence-electron chi connectivity index (χ0n) is 16.6. The maximum Gasteiger partial charge on any atom is 0.277 e. The lowest BCUT2D eigenvalue weighted by atomic mass is 10.1. The predicted molar refractivity (Wildman–Crippen MR) is 123 cm³/mol. The number of nitrogens with one attached hydrogen (secondary N) is 1. The second-order valence-corrected chi connectivity index (χ2v) is 7.24. The van der Waals surface area contributed by atoms with Crippen LogP contribution < -0.4 is 15.1 Å². The number of amides is 1. The van der Waals surface area contributed by atoms with Crippen LogP contribution in [0.3, 0.4) is 0 Å². The van der Waals surface area contributed by atoms with Crippen molar-refractivity contribution in [1.82, 2.24) is 5.43 Å². The molecule has 6 heteroatoms. The van der Waals surface area contributed by atoms with Crippen molar-refractivity contribution >= 4 is 44.5 Å². The molecule has 0 aliphatic rings. The van der Waals surface area contributed by atoms with Crippen LogP contribution >= 0.6 is 15.9 Å². The van der Waals surface area contributed by atoms with E-state index in [-0.39, 0.29) is 12.5 Å². The Morgan fingerprint density at radius 3 is 2.52 bits per heavy atom. The monoisotopic (exact) mass is 453 g/mol. The third-order valence-corrected chi connectivity index (χ3v) is 5.43. The van der Waals surface area contributed by atoms with Crippen LogP contribution in [0.1, 0.15) is 19.4 Å². The van der Waals surface area contributed by atoms with E-state index in [1.165, 1.54) is 5.69 Å². The molecule has 3 aromatic rings. The number of halogens is 1. The van der Waals surface area contributed by atoms with Crippen molar-refractivity contribution in [2.45, 2.75) is 13.8 Å². The fraction of sp³-hybridized carbons (Fsp3) is 0.217. The van der Waals surface area contributed by atoms with Crippen LogP contribution in [0.4, 0.5) is 5.69 Å². The van der Waals surface area contributed by atoms with Crippen LogP contribution in [0, 0.1) is 0 Å². The molecule has 1 N–H and O–H groups in total. The Hall–Kier alpha value is -2.86. The number of benzene rings is 3. The number of nitrogens with zero attached hydrogens (tertiary/aromatic N) is 2. The SMILES string of the molecule is CCN(CC)c1ccc(/C=N/NC(=O)COc2ccc3ccccc3c2Br)cc1. The van der Waals surface area contributed by atoms with Crippen molar-refractivity contribution < 1.29 is 9.53 Å². The highest BCUT2D eigenvalue weighted by atomic mass is 79.9. The Morgan fingerprint density at radius 1 is 1.07 bits per heavy atom. The van der Waals surface area contributed by atoms with Gasteiger partial charge in [-0.1, -0.05) is 42.5 Å². The Morgan fingerprint density at radius 2 is 1.79 bits per heavy atom. The Kier molecular flexibility index (Phi) is 7.25. The van der Waals surface area contributed by atoms with Crippen LogP contribution in [0.2, 0.25) is 0 Å². The molecule has 0 aromatic heterocycles. The maximum atomic E-state index is 12.0. The lowest BCUT2D eigenvalue weighted by molar-refractivity contribution is -0.123. The second-order valence-electron chi connectivity index (χ2n) is 6.44.